The molecule has 6 heteroatoms. The first-order chi connectivity index (χ1) is 12.6. The summed E-state index contributed by atoms with van der Waals surface area (Å²) in [5, 5.41) is 14.2. The van der Waals surface area contributed by atoms with Gasteiger partial charge in [0.2, 0.25) is 5.91 Å². The number of nitro benzene ring substituents is 1. The number of para-hydroxylation sites is 1. The number of nitro groups is 1. The third-order valence-corrected chi connectivity index (χ3v) is 4.80. The van der Waals surface area contributed by atoms with Gasteiger partial charge in [0.25, 0.3) is 5.69 Å². The van der Waals surface area contributed by atoms with Gasteiger partial charge in [-0.15, -0.1) is 0 Å². The SMILES string of the molecule is Cc1ccccc1NC(=O)[C@H](c1cccc([N+](=O)[O-])c1)N1CCCCC1. The lowest BCUT2D eigenvalue weighted by Gasteiger charge is -2.34. The highest BCUT2D eigenvalue weighted by molar-refractivity contribution is 5.96. The second kappa shape index (κ2) is 8.10. The molecule has 1 fully saturated rings. The lowest BCUT2D eigenvalue weighted by Crippen LogP contribution is -2.40. The number of carbonyl (C=O) groups excluding carboxylic acids is 1. The summed E-state index contributed by atoms with van der Waals surface area (Å²) in [6, 6.07) is 13.5. The minimum Gasteiger partial charge on any atom is -0.324 e. The molecule has 1 amide bonds. The Morgan fingerprint density at radius 3 is 2.54 bits per heavy atom. The van der Waals surface area contributed by atoms with E-state index in [0.29, 0.717) is 5.56 Å². The highest BCUT2D eigenvalue weighted by atomic mass is 16.6. The number of rotatable bonds is 5. The van der Waals surface area contributed by atoms with Crippen molar-refractivity contribution in [1.29, 1.82) is 0 Å². The fraction of sp³-hybridized carbons (Fsp3) is 0.350. The van der Waals surface area contributed by atoms with E-state index in [1.165, 1.54) is 12.1 Å². The lowest BCUT2D eigenvalue weighted by atomic mass is 10.00. The van der Waals surface area contributed by atoms with E-state index in [9.17, 15) is 14.9 Å². The van der Waals surface area contributed by atoms with Gasteiger partial charge in [-0.05, 0) is 50.0 Å². The smallest absolute Gasteiger partial charge is 0.269 e. The summed E-state index contributed by atoms with van der Waals surface area (Å²) in [6.45, 7) is 3.57. The maximum Gasteiger partial charge on any atom is 0.269 e. The van der Waals surface area contributed by atoms with Crippen LogP contribution in [0.3, 0.4) is 0 Å². The number of carbonyl (C=O) groups is 1. The van der Waals surface area contributed by atoms with Gasteiger partial charge in [-0.1, -0.05) is 36.8 Å². The Morgan fingerprint density at radius 2 is 1.85 bits per heavy atom. The Bertz CT molecular complexity index is 800. The molecule has 1 heterocycles. The van der Waals surface area contributed by atoms with Gasteiger partial charge in [-0.25, -0.2) is 0 Å². The number of anilines is 1. The molecule has 6 nitrogen and oxygen atoms in total. The Hall–Kier alpha value is -2.73. The van der Waals surface area contributed by atoms with Gasteiger partial charge in [0.05, 0.1) is 4.92 Å². The minimum absolute atomic E-state index is 0.00759. The minimum atomic E-state index is -0.533. The summed E-state index contributed by atoms with van der Waals surface area (Å²) in [5.74, 6) is -0.151. The summed E-state index contributed by atoms with van der Waals surface area (Å²) in [4.78, 5) is 26.0. The zero-order chi connectivity index (χ0) is 18.5. The van der Waals surface area contributed by atoms with E-state index in [2.05, 4.69) is 10.2 Å². The van der Waals surface area contributed by atoms with Crippen molar-refractivity contribution >= 4 is 17.3 Å². The zero-order valence-electron chi connectivity index (χ0n) is 14.9. The first-order valence-electron chi connectivity index (χ1n) is 8.91. The van der Waals surface area contributed by atoms with Gasteiger partial charge < -0.3 is 5.32 Å². The Balaban J connectivity index is 1.92. The Morgan fingerprint density at radius 1 is 1.12 bits per heavy atom. The first kappa shape index (κ1) is 18.1. The molecular weight excluding hydrogens is 330 g/mol. The molecule has 0 aliphatic carbocycles. The van der Waals surface area contributed by atoms with E-state index >= 15 is 0 Å². The van der Waals surface area contributed by atoms with Crippen LogP contribution >= 0.6 is 0 Å². The number of aryl methyl sites for hydroxylation is 1. The fourth-order valence-electron chi connectivity index (χ4n) is 3.43. The second-order valence-electron chi connectivity index (χ2n) is 6.66. The molecule has 0 aromatic heterocycles. The Labute approximate surface area is 153 Å². The predicted octanol–water partition coefficient (Wildman–Crippen LogP) is 4.07. The number of non-ortho nitro benzene ring substituents is 1. The number of nitrogens with zero attached hydrogens (tertiary/aromatic N) is 2. The summed E-state index contributed by atoms with van der Waals surface area (Å²) < 4.78 is 0. The number of hydrogen-bond donors (Lipinski definition) is 1. The van der Waals surface area contributed by atoms with Crippen molar-refractivity contribution in [3.8, 4) is 0 Å². The molecule has 1 aliphatic rings. The molecule has 136 valence electrons. The molecule has 1 N–H and O–H groups in total. The zero-order valence-corrected chi connectivity index (χ0v) is 14.9. The van der Waals surface area contributed by atoms with E-state index in [-0.39, 0.29) is 11.6 Å². The van der Waals surface area contributed by atoms with E-state index in [4.69, 9.17) is 0 Å². The van der Waals surface area contributed by atoms with Crippen LogP contribution in [0.25, 0.3) is 0 Å². The highest BCUT2D eigenvalue weighted by Gasteiger charge is 2.30. The van der Waals surface area contributed by atoms with Crippen LogP contribution in [0.1, 0.15) is 36.4 Å². The van der Waals surface area contributed by atoms with Crippen molar-refractivity contribution in [1.82, 2.24) is 4.90 Å². The van der Waals surface area contributed by atoms with Gasteiger partial charge in [-0.2, -0.15) is 0 Å². The third kappa shape index (κ3) is 4.08. The fourth-order valence-corrected chi connectivity index (χ4v) is 3.43. The quantitative estimate of drug-likeness (QED) is 0.649. The average Bonchev–Trinajstić information content (AvgIpc) is 2.65. The van der Waals surface area contributed by atoms with E-state index in [1.807, 2.05) is 31.2 Å². The molecule has 0 spiro atoms. The van der Waals surface area contributed by atoms with Crippen LogP contribution in [0.5, 0.6) is 0 Å². The summed E-state index contributed by atoms with van der Waals surface area (Å²) >= 11 is 0. The molecule has 0 unspecified atom stereocenters. The van der Waals surface area contributed by atoms with Gasteiger partial charge in [0.15, 0.2) is 0 Å². The molecule has 1 aliphatic heterocycles. The number of benzene rings is 2. The first-order valence-corrected chi connectivity index (χ1v) is 8.91. The largest absolute Gasteiger partial charge is 0.324 e. The predicted molar refractivity (Wildman–Crippen MR) is 101 cm³/mol. The molecule has 3 rings (SSSR count). The standard InChI is InChI=1S/C20H23N3O3/c1-15-8-3-4-11-18(15)21-20(24)19(22-12-5-2-6-13-22)16-9-7-10-17(14-16)23(25)26/h3-4,7-11,14,19H,2,5-6,12-13H2,1H3,(H,21,24)/t19-/m0/s1. The van der Waals surface area contributed by atoms with E-state index < -0.39 is 11.0 Å². The van der Waals surface area contributed by atoms with Gasteiger partial charge >= 0.3 is 0 Å². The molecule has 2 aromatic rings. The van der Waals surface area contributed by atoms with Crippen LogP contribution < -0.4 is 5.32 Å². The second-order valence-corrected chi connectivity index (χ2v) is 6.66. The van der Waals surface area contributed by atoms with Crippen LogP contribution in [-0.4, -0.2) is 28.8 Å². The van der Waals surface area contributed by atoms with Crippen LogP contribution in [0.2, 0.25) is 0 Å². The van der Waals surface area contributed by atoms with Gasteiger partial charge in [0.1, 0.15) is 6.04 Å². The van der Waals surface area contributed by atoms with Crippen molar-refractivity contribution < 1.29 is 9.72 Å². The van der Waals surface area contributed by atoms with Crippen molar-refractivity contribution in [3.05, 3.63) is 69.8 Å². The molecule has 1 atom stereocenters. The molecule has 2 aromatic carbocycles. The lowest BCUT2D eigenvalue weighted by molar-refractivity contribution is -0.384. The molecule has 26 heavy (non-hydrogen) atoms. The van der Waals surface area contributed by atoms with Crippen molar-refractivity contribution in [2.24, 2.45) is 0 Å². The summed E-state index contributed by atoms with van der Waals surface area (Å²) in [5.41, 5.74) is 2.42. The molecule has 0 radical (unpaired) electrons. The molecule has 0 saturated carbocycles. The van der Waals surface area contributed by atoms with Crippen LogP contribution in [0.4, 0.5) is 11.4 Å². The van der Waals surface area contributed by atoms with E-state index in [0.717, 1.165) is 43.6 Å². The number of amides is 1. The summed E-state index contributed by atoms with van der Waals surface area (Å²) in [7, 11) is 0. The number of hydrogen-bond acceptors (Lipinski definition) is 4. The van der Waals surface area contributed by atoms with Gasteiger partial charge in [0, 0.05) is 17.8 Å². The number of piperidine rings is 1. The van der Waals surface area contributed by atoms with E-state index in [1.54, 1.807) is 12.1 Å². The number of likely N-dealkylation sites (tertiary alicyclic amines) is 1. The maximum atomic E-state index is 13.1. The highest BCUT2D eigenvalue weighted by Crippen LogP contribution is 2.29. The number of nitrogens with one attached hydrogen (secondary N) is 1. The Kier molecular flexibility index (Phi) is 5.63. The van der Waals surface area contributed by atoms with Crippen LogP contribution in [-0.2, 0) is 4.79 Å². The van der Waals surface area contributed by atoms with Gasteiger partial charge in [-0.3, -0.25) is 19.8 Å². The van der Waals surface area contributed by atoms with Crippen LogP contribution in [0.15, 0.2) is 48.5 Å². The van der Waals surface area contributed by atoms with Crippen LogP contribution in [0, 0.1) is 17.0 Å². The molecule has 1 saturated heterocycles. The average molecular weight is 353 g/mol. The van der Waals surface area contributed by atoms with Crippen molar-refractivity contribution in [3.63, 3.8) is 0 Å². The summed E-state index contributed by atoms with van der Waals surface area (Å²) in [6.07, 6.45) is 3.21. The normalized spacial score (nSPS) is 16.0. The monoisotopic (exact) mass is 353 g/mol. The maximum absolute atomic E-state index is 13.1. The topological polar surface area (TPSA) is 75.5 Å². The van der Waals surface area contributed by atoms with Crippen molar-refractivity contribution in [2.75, 3.05) is 18.4 Å². The third-order valence-electron chi connectivity index (χ3n) is 4.80. The molecular formula is C20H23N3O3. The molecule has 0 bridgehead atoms. The van der Waals surface area contributed by atoms with Crippen molar-refractivity contribution in [2.45, 2.75) is 32.2 Å².